The molecule has 2 N–H and O–H groups in total. The van der Waals surface area contributed by atoms with Gasteiger partial charge in [-0.1, -0.05) is 11.6 Å². The van der Waals surface area contributed by atoms with E-state index in [9.17, 15) is 5.11 Å². The number of aromatic nitrogens is 2. The monoisotopic (exact) mass is 319 g/mol. The fourth-order valence-corrected chi connectivity index (χ4v) is 3.61. The molecule has 1 aromatic carbocycles. The number of halogens is 1. The number of nitrogens with one attached hydrogen (secondary N) is 1. The van der Waals surface area contributed by atoms with Gasteiger partial charge in [0.05, 0.1) is 18.8 Å². The van der Waals surface area contributed by atoms with Gasteiger partial charge in [-0.3, -0.25) is 4.68 Å². The molecule has 0 bridgehead atoms. The van der Waals surface area contributed by atoms with Crippen LogP contribution in [0.1, 0.15) is 23.6 Å². The van der Waals surface area contributed by atoms with Crippen LogP contribution in [0.25, 0.3) is 0 Å². The van der Waals surface area contributed by atoms with Crippen molar-refractivity contribution in [3.8, 4) is 5.75 Å². The van der Waals surface area contributed by atoms with E-state index < -0.39 is 0 Å². The molecule has 4 rings (SSSR count). The second-order valence-electron chi connectivity index (χ2n) is 5.92. The van der Waals surface area contributed by atoms with Crippen LogP contribution in [-0.4, -0.2) is 33.6 Å². The van der Waals surface area contributed by atoms with Gasteiger partial charge >= 0.3 is 0 Å². The third-order valence-electron chi connectivity index (χ3n) is 4.51. The van der Waals surface area contributed by atoms with Crippen molar-refractivity contribution in [2.75, 3.05) is 6.61 Å². The summed E-state index contributed by atoms with van der Waals surface area (Å²) in [6.45, 7) is 1.40. The number of fused-ring (bicyclic) bond motifs is 1. The van der Waals surface area contributed by atoms with Crippen LogP contribution in [-0.2, 0) is 13.0 Å². The number of aliphatic hydroxyl groups excluding tert-OH is 1. The van der Waals surface area contributed by atoms with Crippen LogP contribution < -0.4 is 10.1 Å². The fraction of sp³-hybridized carbons (Fsp3) is 0.438. The molecule has 1 aliphatic carbocycles. The van der Waals surface area contributed by atoms with Crippen molar-refractivity contribution in [1.82, 2.24) is 15.1 Å². The van der Waals surface area contributed by atoms with Gasteiger partial charge in [-0.05, 0) is 30.2 Å². The molecule has 2 aromatic rings. The molecule has 1 aromatic heterocycles. The summed E-state index contributed by atoms with van der Waals surface area (Å²) in [6.07, 6.45) is 4.93. The Morgan fingerprint density at radius 3 is 3.14 bits per heavy atom. The second-order valence-corrected chi connectivity index (χ2v) is 6.36. The summed E-state index contributed by atoms with van der Waals surface area (Å²) in [7, 11) is 0. The van der Waals surface area contributed by atoms with Gasteiger partial charge in [0, 0.05) is 42.0 Å². The maximum absolute atomic E-state index is 10.00. The summed E-state index contributed by atoms with van der Waals surface area (Å²) >= 11 is 6.19. The zero-order valence-corrected chi connectivity index (χ0v) is 12.8. The number of aliphatic hydroxyl groups is 1. The molecule has 0 spiro atoms. The maximum Gasteiger partial charge on any atom is 0.127 e. The molecule has 2 aliphatic rings. The number of rotatable bonds is 4. The lowest BCUT2D eigenvalue weighted by Gasteiger charge is -2.42. The Balaban J connectivity index is 1.47. The van der Waals surface area contributed by atoms with Crippen LogP contribution in [0.3, 0.4) is 0 Å². The Morgan fingerprint density at radius 1 is 1.45 bits per heavy atom. The third-order valence-corrected chi connectivity index (χ3v) is 4.73. The predicted octanol–water partition coefficient (Wildman–Crippen LogP) is 1.94. The van der Waals surface area contributed by atoms with Crippen LogP contribution >= 0.6 is 11.6 Å². The zero-order chi connectivity index (χ0) is 15.1. The molecule has 1 saturated carbocycles. The molecule has 6 heteroatoms. The van der Waals surface area contributed by atoms with Crippen LogP contribution in [0.5, 0.6) is 5.75 Å². The third kappa shape index (κ3) is 2.39. The number of ether oxygens (including phenoxy) is 1. The standard InChI is InChI=1S/C16H18ClN3O2/c17-12-6-10-2-5-22-16(10)11(7-12)9-18-13-8-14(21)15(13)20-4-1-3-19-20/h1,3-4,6-7,13-15,18,21H,2,5,8-9H2/t13-,14+,15+/m0/s1. The van der Waals surface area contributed by atoms with E-state index >= 15 is 0 Å². The van der Waals surface area contributed by atoms with E-state index in [4.69, 9.17) is 16.3 Å². The molecular formula is C16H18ClN3O2. The Morgan fingerprint density at radius 2 is 2.36 bits per heavy atom. The van der Waals surface area contributed by atoms with Gasteiger partial charge in [-0.2, -0.15) is 5.10 Å². The first-order valence-electron chi connectivity index (χ1n) is 7.57. The van der Waals surface area contributed by atoms with Crippen LogP contribution in [0.4, 0.5) is 0 Å². The van der Waals surface area contributed by atoms with Gasteiger partial charge in [0.1, 0.15) is 5.75 Å². The van der Waals surface area contributed by atoms with Crippen molar-refractivity contribution in [3.63, 3.8) is 0 Å². The minimum atomic E-state index is -0.348. The number of nitrogens with zero attached hydrogens (tertiary/aromatic N) is 2. The maximum atomic E-state index is 10.00. The van der Waals surface area contributed by atoms with E-state index in [1.165, 1.54) is 5.56 Å². The molecule has 3 atom stereocenters. The van der Waals surface area contributed by atoms with Gasteiger partial charge in [-0.15, -0.1) is 0 Å². The van der Waals surface area contributed by atoms with Crippen LogP contribution in [0, 0.1) is 0 Å². The molecule has 0 saturated heterocycles. The first-order chi connectivity index (χ1) is 10.7. The Labute approximate surface area is 133 Å². The van der Waals surface area contributed by atoms with Gasteiger partial charge in [0.2, 0.25) is 0 Å². The highest BCUT2D eigenvalue weighted by molar-refractivity contribution is 6.30. The zero-order valence-electron chi connectivity index (χ0n) is 12.1. The first kappa shape index (κ1) is 14.1. The first-order valence-corrected chi connectivity index (χ1v) is 7.95. The minimum absolute atomic E-state index is 0.0110. The van der Waals surface area contributed by atoms with Gasteiger partial charge in [-0.25, -0.2) is 0 Å². The summed E-state index contributed by atoms with van der Waals surface area (Å²) in [4.78, 5) is 0. The van der Waals surface area contributed by atoms with Crippen LogP contribution in [0.2, 0.25) is 5.02 Å². The lowest BCUT2D eigenvalue weighted by atomic mass is 9.83. The molecule has 0 amide bonds. The highest BCUT2D eigenvalue weighted by Gasteiger charge is 2.41. The predicted molar refractivity (Wildman–Crippen MR) is 83.2 cm³/mol. The van der Waals surface area contributed by atoms with E-state index in [0.29, 0.717) is 6.54 Å². The summed E-state index contributed by atoms with van der Waals surface area (Å²) in [5.41, 5.74) is 2.27. The van der Waals surface area contributed by atoms with E-state index in [0.717, 1.165) is 35.8 Å². The van der Waals surface area contributed by atoms with E-state index in [-0.39, 0.29) is 18.2 Å². The fourth-order valence-electron chi connectivity index (χ4n) is 3.35. The summed E-state index contributed by atoms with van der Waals surface area (Å²) < 4.78 is 7.55. The second kappa shape index (κ2) is 5.57. The summed E-state index contributed by atoms with van der Waals surface area (Å²) in [5.74, 6) is 0.965. The van der Waals surface area contributed by atoms with Crippen LogP contribution in [0.15, 0.2) is 30.6 Å². The average Bonchev–Trinajstić information content (AvgIpc) is 3.13. The molecule has 0 unspecified atom stereocenters. The summed E-state index contributed by atoms with van der Waals surface area (Å²) in [6, 6.07) is 6.00. The lowest BCUT2D eigenvalue weighted by molar-refractivity contribution is -0.00826. The Hall–Kier alpha value is -1.56. The molecule has 5 nitrogen and oxygen atoms in total. The Bertz CT molecular complexity index is 674. The minimum Gasteiger partial charge on any atom is -0.493 e. The highest BCUT2D eigenvalue weighted by atomic mass is 35.5. The molecule has 1 fully saturated rings. The van der Waals surface area contributed by atoms with Gasteiger partial charge < -0.3 is 15.2 Å². The number of hydrogen-bond donors (Lipinski definition) is 2. The van der Waals surface area contributed by atoms with Gasteiger partial charge in [0.15, 0.2) is 0 Å². The van der Waals surface area contributed by atoms with Crippen molar-refractivity contribution in [2.24, 2.45) is 0 Å². The van der Waals surface area contributed by atoms with Crippen molar-refractivity contribution in [1.29, 1.82) is 0 Å². The molecule has 116 valence electrons. The van der Waals surface area contributed by atoms with Crippen molar-refractivity contribution in [3.05, 3.63) is 46.7 Å². The van der Waals surface area contributed by atoms with Crippen molar-refractivity contribution < 1.29 is 9.84 Å². The smallest absolute Gasteiger partial charge is 0.127 e. The number of benzene rings is 1. The van der Waals surface area contributed by atoms with E-state index in [2.05, 4.69) is 10.4 Å². The molecule has 1 aliphatic heterocycles. The molecule has 2 heterocycles. The highest BCUT2D eigenvalue weighted by Crippen LogP contribution is 2.35. The van der Waals surface area contributed by atoms with Crippen molar-refractivity contribution >= 4 is 11.6 Å². The van der Waals surface area contributed by atoms with Crippen molar-refractivity contribution in [2.45, 2.75) is 37.6 Å². The average molecular weight is 320 g/mol. The van der Waals surface area contributed by atoms with E-state index in [1.54, 1.807) is 6.20 Å². The lowest BCUT2D eigenvalue weighted by Crippen LogP contribution is -2.54. The topological polar surface area (TPSA) is 59.3 Å². The largest absolute Gasteiger partial charge is 0.493 e. The quantitative estimate of drug-likeness (QED) is 0.904. The molecule has 22 heavy (non-hydrogen) atoms. The van der Waals surface area contributed by atoms with E-state index in [1.807, 2.05) is 29.1 Å². The SMILES string of the molecule is O[C@@H]1C[C@H](NCc2cc(Cl)cc3c2OCC3)[C@H]1n1cccn1. The molecular weight excluding hydrogens is 302 g/mol. The van der Waals surface area contributed by atoms with Gasteiger partial charge in [0.25, 0.3) is 0 Å². The number of hydrogen-bond acceptors (Lipinski definition) is 4. The normalized spacial score (nSPS) is 26.4. The molecule has 0 radical (unpaired) electrons. The summed E-state index contributed by atoms with van der Waals surface area (Å²) in [5, 5.41) is 18.5. The Kier molecular flexibility index (Phi) is 3.56.